The second kappa shape index (κ2) is 8.26. The zero-order chi connectivity index (χ0) is 14.3. The highest BCUT2D eigenvalue weighted by atomic mass is 15.2. The normalized spacial score (nSPS) is 16.6. The molecule has 0 atom stereocenters. The van der Waals surface area contributed by atoms with E-state index in [2.05, 4.69) is 44.8 Å². The van der Waals surface area contributed by atoms with E-state index in [0.717, 1.165) is 18.5 Å². The highest BCUT2D eigenvalue weighted by molar-refractivity contribution is 4.90. The third kappa shape index (κ3) is 5.83. The van der Waals surface area contributed by atoms with Crippen LogP contribution in [0.15, 0.2) is 0 Å². The van der Waals surface area contributed by atoms with Crippen LogP contribution in [0.5, 0.6) is 0 Å². The lowest BCUT2D eigenvalue weighted by Gasteiger charge is -2.38. The molecule has 1 fully saturated rings. The molecule has 0 spiro atoms. The second-order valence-corrected chi connectivity index (χ2v) is 6.87. The van der Waals surface area contributed by atoms with Crippen LogP contribution in [0.1, 0.15) is 66.7 Å². The van der Waals surface area contributed by atoms with Gasteiger partial charge in [0.1, 0.15) is 0 Å². The Bertz CT molecular complexity index is 229. The van der Waals surface area contributed by atoms with Crippen molar-refractivity contribution >= 4 is 0 Å². The highest BCUT2D eigenvalue weighted by Crippen LogP contribution is 2.34. The molecule has 0 aliphatic heterocycles. The molecule has 0 aromatic carbocycles. The largest absolute Gasteiger partial charge is 0.316 e. The summed E-state index contributed by atoms with van der Waals surface area (Å²) in [4.78, 5) is 2.80. The first kappa shape index (κ1) is 17.0. The van der Waals surface area contributed by atoms with Crippen molar-refractivity contribution in [2.24, 2.45) is 11.3 Å². The molecule has 1 N–H and O–H groups in total. The van der Waals surface area contributed by atoms with E-state index in [1.807, 2.05) is 0 Å². The van der Waals surface area contributed by atoms with E-state index < -0.39 is 0 Å². The summed E-state index contributed by atoms with van der Waals surface area (Å²) in [5, 5.41) is 3.59. The van der Waals surface area contributed by atoms with Crippen molar-refractivity contribution in [2.75, 3.05) is 26.2 Å². The van der Waals surface area contributed by atoms with Crippen LogP contribution >= 0.6 is 0 Å². The summed E-state index contributed by atoms with van der Waals surface area (Å²) in [5.41, 5.74) is 0.482. The lowest BCUT2D eigenvalue weighted by Crippen LogP contribution is -2.45. The van der Waals surface area contributed by atoms with Gasteiger partial charge in [0, 0.05) is 19.1 Å². The Morgan fingerprint density at radius 3 is 2.21 bits per heavy atom. The third-order valence-electron chi connectivity index (χ3n) is 4.85. The van der Waals surface area contributed by atoms with Crippen molar-refractivity contribution in [3.05, 3.63) is 0 Å². The molecule has 0 heterocycles. The predicted molar refractivity (Wildman–Crippen MR) is 85.6 cm³/mol. The van der Waals surface area contributed by atoms with Crippen LogP contribution in [0, 0.1) is 11.3 Å². The number of rotatable bonds is 11. The monoisotopic (exact) mass is 268 g/mol. The van der Waals surface area contributed by atoms with Crippen molar-refractivity contribution in [2.45, 2.75) is 72.8 Å². The number of nitrogens with one attached hydrogen (secondary N) is 1. The van der Waals surface area contributed by atoms with Gasteiger partial charge in [-0.1, -0.05) is 34.6 Å². The molecule has 2 heteroatoms. The Morgan fingerprint density at radius 1 is 1.16 bits per heavy atom. The summed E-state index contributed by atoms with van der Waals surface area (Å²) in [6.07, 6.45) is 6.80. The summed E-state index contributed by atoms with van der Waals surface area (Å²) in [6.45, 7) is 16.5. The van der Waals surface area contributed by atoms with Crippen molar-refractivity contribution in [3.8, 4) is 0 Å². The molecule has 1 rings (SSSR count). The lowest BCUT2D eigenvalue weighted by molar-refractivity contribution is 0.124. The average molecular weight is 268 g/mol. The summed E-state index contributed by atoms with van der Waals surface area (Å²) in [7, 11) is 0. The van der Waals surface area contributed by atoms with Crippen LogP contribution in [0.25, 0.3) is 0 Å². The first-order chi connectivity index (χ1) is 9.06. The van der Waals surface area contributed by atoms with Crippen LogP contribution in [-0.2, 0) is 0 Å². The fraction of sp³-hybridized carbons (Fsp3) is 1.00. The van der Waals surface area contributed by atoms with Crippen LogP contribution < -0.4 is 5.32 Å². The van der Waals surface area contributed by atoms with E-state index in [9.17, 15) is 0 Å². The Morgan fingerprint density at radius 2 is 1.79 bits per heavy atom. The molecular weight excluding hydrogens is 232 g/mol. The van der Waals surface area contributed by atoms with Crippen molar-refractivity contribution in [1.29, 1.82) is 0 Å². The summed E-state index contributed by atoms with van der Waals surface area (Å²) < 4.78 is 0. The van der Waals surface area contributed by atoms with E-state index in [-0.39, 0.29) is 0 Å². The van der Waals surface area contributed by atoms with E-state index >= 15 is 0 Å². The van der Waals surface area contributed by atoms with E-state index in [0.29, 0.717) is 5.41 Å². The standard InChI is InChI=1S/C17H36N2/c1-6-17(7-2,13-18-8-3)14-19(16-9-10-16)12-11-15(4)5/h15-16,18H,6-14H2,1-5H3. The van der Waals surface area contributed by atoms with Crippen molar-refractivity contribution < 1.29 is 0 Å². The zero-order valence-corrected chi connectivity index (χ0v) is 14.0. The minimum Gasteiger partial charge on any atom is -0.316 e. The van der Waals surface area contributed by atoms with Gasteiger partial charge in [0.15, 0.2) is 0 Å². The summed E-state index contributed by atoms with van der Waals surface area (Å²) in [5.74, 6) is 0.827. The smallest absolute Gasteiger partial charge is 0.00966 e. The molecular formula is C17H36N2. The van der Waals surface area contributed by atoms with Gasteiger partial charge in [-0.25, -0.2) is 0 Å². The second-order valence-electron chi connectivity index (χ2n) is 6.87. The lowest BCUT2D eigenvalue weighted by atomic mass is 9.81. The molecule has 114 valence electrons. The number of hydrogen-bond acceptors (Lipinski definition) is 2. The molecule has 1 saturated carbocycles. The average Bonchev–Trinajstić information content (AvgIpc) is 3.23. The first-order valence-electron chi connectivity index (χ1n) is 8.51. The van der Waals surface area contributed by atoms with Gasteiger partial charge in [0.2, 0.25) is 0 Å². The van der Waals surface area contributed by atoms with Crippen LogP contribution in [0.4, 0.5) is 0 Å². The molecule has 2 nitrogen and oxygen atoms in total. The third-order valence-corrected chi connectivity index (χ3v) is 4.85. The van der Waals surface area contributed by atoms with Gasteiger partial charge < -0.3 is 5.32 Å². The van der Waals surface area contributed by atoms with E-state index in [4.69, 9.17) is 0 Å². The van der Waals surface area contributed by atoms with E-state index in [1.54, 1.807) is 0 Å². The molecule has 0 bridgehead atoms. The minimum atomic E-state index is 0.482. The van der Waals surface area contributed by atoms with Gasteiger partial charge in [-0.15, -0.1) is 0 Å². The predicted octanol–water partition coefficient (Wildman–Crippen LogP) is 3.91. The van der Waals surface area contributed by atoms with Crippen LogP contribution in [-0.4, -0.2) is 37.1 Å². The molecule has 0 radical (unpaired) electrons. The maximum Gasteiger partial charge on any atom is 0.00966 e. The van der Waals surface area contributed by atoms with Crippen LogP contribution in [0.2, 0.25) is 0 Å². The van der Waals surface area contributed by atoms with Gasteiger partial charge in [-0.3, -0.25) is 4.90 Å². The minimum absolute atomic E-state index is 0.482. The topological polar surface area (TPSA) is 15.3 Å². The Hall–Kier alpha value is -0.0800. The molecule has 0 amide bonds. The maximum absolute atomic E-state index is 3.59. The Balaban J connectivity index is 2.56. The van der Waals surface area contributed by atoms with Gasteiger partial charge in [0.05, 0.1) is 0 Å². The van der Waals surface area contributed by atoms with Crippen molar-refractivity contribution in [1.82, 2.24) is 10.2 Å². The quantitative estimate of drug-likeness (QED) is 0.611. The summed E-state index contributed by atoms with van der Waals surface area (Å²) in [6, 6.07) is 0.901. The Labute approximate surface area is 121 Å². The molecule has 0 aromatic heterocycles. The van der Waals surface area contributed by atoms with Gasteiger partial charge in [0.25, 0.3) is 0 Å². The van der Waals surface area contributed by atoms with Crippen molar-refractivity contribution in [3.63, 3.8) is 0 Å². The fourth-order valence-electron chi connectivity index (χ4n) is 2.85. The molecule has 1 aliphatic rings. The molecule has 0 aromatic rings. The maximum atomic E-state index is 3.59. The number of nitrogens with zero attached hydrogens (tertiary/aromatic N) is 1. The summed E-state index contributed by atoms with van der Waals surface area (Å²) >= 11 is 0. The van der Waals surface area contributed by atoms with Gasteiger partial charge in [-0.05, 0) is 56.5 Å². The highest BCUT2D eigenvalue weighted by Gasteiger charge is 2.35. The van der Waals surface area contributed by atoms with E-state index in [1.165, 1.54) is 51.7 Å². The zero-order valence-electron chi connectivity index (χ0n) is 14.0. The molecule has 1 aliphatic carbocycles. The Kier molecular flexibility index (Phi) is 7.38. The molecule has 0 saturated heterocycles. The first-order valence-corrected chi connectivity index (χ1v) is 8.51. The van der Waals surface area contributed by atoms with Gasteiger partial charge >= 0.3 is 0 Å². The SMILES string of the molecule is CCNCC(CC)(CC)CN(CCC(C)C)C1CC1. The molecule has 0 unspecified atom stereocenters. The molecule has 19 heavy (non-hydrogen) atoms. The van der Waals surface area contributed by atoms with Gasteiger partial charge in [-0.2, -0.15) is 0 Å². The fourth-order valence-corrected chi connectivity index (χ4v) is 2.85. The number of hydrogen-bond donors (Lipinski definition) is 1. The van der Waals surface area contributed by atoms with Crippen LogP contribution in [0.3, 0.4) is 0 Å².